The molecule has 3 heterocycles. The summed E-state index contributed by atoms with van der Waals surface area (Å²) < 4.78 is 0. The number of carbonyl (C=O) groups is 8. The van der Waals surface area contributed by atoms with Crippen LogP contribution in [-0.2, 0) is 57.6 Å². The topological polar surface area (TPSA) is 513 Å². The highest BCUT2D eigenvalue weighted by molar-refractivity contribution is 5.99. The Bertz CT molecular complexity index is 3600. The van der Waals surface area contributed by atoms with E-state index >= 15 is 14.4 Å². The molecule has 3 aromatic carbocycles. The number of aliphatic imine (C=N–C) groups is 3. The number of nitrogens with zero attached hydrogens (tertiary/aromatic N) is 3. The van der Waals surface area contributed by atoms with Crippen molar-refractivity contribution in [2.45, 2.75) is 178 Å². The van der Waals surface area contributed by atoms with Gasteiger partial charge in [0, 0.05) is 103 Å². The Hall–Kier alpha value is -10.2. The van der Waals surface area contributed by atoms with Gasteiger partial charge in [-0.1, -0.05) is 100 Å². The van der Waals surface area contributed by atoms with Crippen LogP contribution in [0.15, 0.2) is 106 Å². The summed E-state index contributed by atoms with van der Waals surface area (Å²) in [6, 6.07) is 12.9. The molecule has 0 saturated heterocycles. The SMILES string of the molecule is CCCCCCCCCC(=O)NCCCC[C@H](NC(=O)[C@H](Cc1c[nH]c2ccccc12)NC(=O)[C@H](CCCN=C(N)N)NC(=O)[C@H](Cc1c[nH]c2ccccc12)NC(=O)[C@@H](CCCN=C(N)N)NC(=O)[C@@H](Cc1c[nH]c2ccccc12)NC(=O)[C@H](N)CCCN=C(N)N)C(N)=O. The first-order valence-electron chi connectivity index (χ1n) is 33.2. The highest BCUT2D eigenvalue weighted by Gasteiger charge is 2.35. The molecular formula is C67H99N21O8. The minimum Gasteiger partial charge on any atom is -0.370 e. The summed E-state index contributed by atoms with van der Waals surface area (Å²) in [7, 11) is 0. The third-order valence-electron chi connectivity index (χ3n) is 16.6. The maximum absolute atomic E-state index is 15.3. The molecule has 0 radical (unpaired) electrons. The van der Waals surface area contributed by atoms with Crippen LogP contribution in [0, 0.1) is 0 Å². The molecule has 8 amide bonds. The van der Waals surface area contributed by atoms with E-state index < -0.39 is 83.6 Å². The Morgan fingerprint density at radius 2 is 0.740 bits per heavy atom. The van der Waals surface area contributed by atoms with Crippen LogP contribution in [0.2, 0.25) is 0 Å². The van der Waals surface area contributed by atoms with Gasteiger partial charge >= 0.3 is 0 Å². The lowest BCUT2D eigenvalue weighted by Crippen LogP contribution is -2.60. The molecule has 29 heteroatoms. The second-order valence-corrected chi connectivity index (χ2v) is 24.1. The summed E-state index contributed by atoms with van der Waals surface area (Å²) >= 11 is 0. The van der Waals surface area contributed by atoms with Crippen LogP contribution in [-0.4, -0.2) is 149 Å². The number of nitrogens with one attached hydrogen (secondary N) is 10. The fourth-order valence-corrected chi connectivity index (χ4v) is 11.3. The summed E-state index contributed by atoms with van der Waals surface area (Å²) in [6.45, 7) is 2.83. The number of aromatic nitrogens is 3. The van der Waals surface area contributed by atoms with E-state index in [0.717, 1.165) is 58.4 Å². The number of hydrogen-bond acceptors (Lipinski definition) is 12. The first-order valence-corrected chi connectivity index (χ1v) is 33.2. The van der Waals surface area contributed by atoms with Gasteiger partial charge in [-0.05, 0) is 99.1 Å². The minimum absolute atomic E-state index is 0.0360. The van der Waals surface area contributed by atoms with E-state index in [4.69, 9.17) is 45.9 Å². The molecular weight excluding hydrogens is 1230 g/mol. The Balaban J connectivity index is 1.27. The van der Waals surface area contributed by atoms with Gasteiger partial charge in [0.05, 0.1) is 6.04 Å². The van der Waals surface area contributed by atoms with Crippen molar-refractivity contribution < 1.29 is 38.4 Å². The van der Waals surface area contributed by atoms with Crippen molar-refractivity contribution in [1.29, 1.82) is 0 Å². The van der Waals surface area contributed by atoms with Gasteiger partial charge in [-0.25, -0.2) is 0 Å². The van der Waals surface area contributed by atoms with E-state index in [1.807, 2.05) is 72.8 Å². The molecule has 6 aromatic rings. The second-order valence-electron chi connectivity index (χ2n) is 24.1. The number of primary amides is 1. The first-order chi connectivity index (χ1) is 46.2. The standard InChI is InChI=1S/C67H99N21O8/c1-2-3-4-5-6-7-8-30-57(89)76-31-16-15-27-51(58(69)90)83-62(94)55(36-42-39-81-49-25-13-10-21-45(42)49)87-60(92)53(29-19-34-79-67(74)75)85-64(96)56(37-43-40-82-50-26-14-11-22-46(43)50)88-61(93)52(28-18-33-78-66(72)73)84-63(95)54(35-41-38-80-48-24-12-9-20-44(41)48)86-59(91)47(68)23-17-32-77-65(70)71/h9-14,20-22,24-26,38-40,47,51-56,80-82H,2-8,15-19,23,27-37,68H2,1H3,(H2,69,90)(H,76,89)(H,83,94)(H,84,95)(H,85,96)(H,86,91)(H,87,92)(H,88,93)(H4,70,71,77)(H4,72,73,78)(H4,74,75,79)/t47-,51+,52-,53+,54-,55+,56+/m1/s1. The zero-order chi connectivity index (χ0) is 69.4. The van der Waals surface area contributed by atoms with Gasteiger partial charge in [-0.3, -0.25) is 53.3 Å². The van der Waals surface area contributed by atoms with E-state index in [0.29, 0.717) is 48.9 Å². The van der Waals surface area contributed by atoms with Gasteiger partial charge in [-0.15, -0.1) is 0 Å². The van der Waals surface area contributed by atoms with Gasteiger partial charge in [0.25, 0.3) is 0 Å². The van der Waals surface area contributed by atoms with Crippen LogP contribution in [0.5, 0.6) is 0 Å². The number of carbonyl (C=O) groups excluding carboxylic acids is 8. The molecule has 0 saturated carbocycles. The van der Waals surface area contributed by atoms with Crippen molar-refractivity contribution in [3.63, 3.8) is 0 Å². The van der Waals surface area contributed by atoms with Crippen LogP contribution in [0.1, 0.15) is 133 Å². The lowest BCUT2D eigenvalue weighted by molar-refractivity contribution is -0.135. The number of rotatable bonds is 44. The van der Waals surface area contributed by atoms with Gasteiger partial charge in [-0.2, -0.15) is 0 Å². The fourth-order valence-electron chi connectivity index (χ4n) is 11.3. The number of benzene rings is 3. The molecule has 0 aliphatic rings. The van der Waals surface area contributed by atoms with Gasteiger partial charge in [0.2, 0.25) is 47.3 Å². The van der Waals surface area contributed by atoms with Crippen molar-refractivity contribution in [3.05, 3.63) is 108 Å². The fraction of sp³-hybridized carbons (Fsp3) is 0.478. The lowest BCUT2D eigenvalue weighted by Gasteiger charge is -2.28. The minimum atomic E-state index is -1.46. The normalized spacial score (nSPS) is 13.4. The van der Waals surface area contributed by atoms with Crippen LogP contribution in [0.4, 0.5) is 0 Å². The largest absolute Gasteiger partial charge is 0.370 e. The summed E-state index contributed by atoms with van der Waals surface area (Å²) in [6.07, 6.45) is 14.6. The molecule has 6 rings (SSSR count). The van der Waals surface area contributed by atoms with Crippen molar-refractivity contribution in [2.75, 3.05) is 26.2 Å². The highest BCUT2D eigenvalue weighted by Crippen LogP contribution is 2.23. The predicted molar refractivity (Wildman–Crippen MR) is 374 cm³/mol. The summed E-state index contributed by atoms with van der Waals surface area (Å²) in [5, 5.41) is 22.2. The quantitative estimate of drug-likeness (QED) is 0.0146. The van der Waals surface area contributed by atoms with Crippen LogP contribution in [0.25, 0.3) is 32.7 Å². The Kier molecular flexibility index (Phi) is 30.8. The average Bonchev–Trinajstić information content (AvgIpc) is 1.65. The Morgan fingerprint density at radius 1 is 0.396 bits per heavy atom. The first kappa shape index (κ1) is 74.8. The number of H-pyrrole nitrogens is 3. The van der Waals surface area contributed by atoms with Crippen LogP contribution in [0.3, 0.4) is 0 Å². The van der Waals surface area contributed by atoms with E-state index in [2.05, 4.69) is 74.1 Å². The highest BCUT2D eigenvalue weighted by atomic mass is 16.2. The van der Waals surface area contributed by atoms with Crippen LogP contribution >= 0.6 is 0 Å². The monoisotopic (exact) mass is 1330 g/mol. The molecule has 3 aromatic heterocycles. The average molecular weight is 1330 g/mol. The molecule has 0 fully saturated rings. The third kappa shape index (κ3) is 24.9. The lowest BCUT2D eigenvalue weighted by atomic mass is 10.0. The van der Waals surface area contributed by atoms with E-state index in [9.17, 15) is 24.0 Å². The number of unbranched alkanes of at least 4 members (excludes halogenated alkanes) is 7. The molecule has 7 atom stereocenters. The number of amides is 8. The molecule has 0 unspecified atom stereocenters. The summed E-state index contributed by atoms with van der Waals surface area (Å²) in [5.74, 6) is -6.02. The molecule has 0 bridgehead atoms. The van der Waals surface area contributed by atoms with Crippen molar-refractivity contribution >= 4 is 97.8 Å². The zero-order valence-electron chi connectivity index (χ0n) is 54.9. The molecule has 0 spiro atoms. The maximum Gasteiger partial charge on any atom is 0.243 e. The van der Waals surface area contributed by atoms with Gasteiger partial charge in [0.15, 0.2) is 17.9 Å². The Labute approximate surface area is 558 Å². The van der Waals surface area contributed by atoms with E-state index in [1.54, 1.807) is 18.6 Å². The number of fused-ring (bicyclic) bond motifs is 3. The number of para-hydroxylation sites is 3. The number of hydrogen-bond donors (Lipinski definition) is 18. The Morgan fingerprint density at radius 3 is 1.15 bits per heavy atom. The second kappa shape index (κ2) is 39.5. The van der Waals surface area contributed by atoms with Crippen molar-refractivity contribution in [1.82, 2.24) is 52.2 Å². The molecule has 29 nitrogen and oxygen atoms in total. The van der Waals surface area contributed by atoms with Crippen molar-refractivity contribution in [3.8, 4) is 0 Å². The predicted octanol–water partition coefficient (Wildman–Crippen LogP) is 1.47. The van der Waals surface area contributed by atoms with Gasteiger partial charge < -0.3 is 98.0 Å². The summed E-state index contributed by atoms with van der Waals surface area (Å²) in [5.41, 5.74) is 50.1. The van der Waals surface area contributed by atoms with Crippen LogP contribution < -0.4 is 83.1 Å². The number of nitrogens with two attached hydrogens (primary N) is 8. The number of aromatic amines is 3. The molecule has 0 aliphatic carbocycles. The molecule has 26 N–H and O–H groups in total. The maximum atomic E-state index is 15.3. The smallest absolute Gasteiger partial charge is 0.243 e. The summed E-state index contributed by atoms with van der Waals surface area (Å²) in [4.78, 5) is 136. The van der Waals surface area contributed by atoms with Gasteiger partial charge in [0.1, 0.15) is 36.3 Å². The van der Waals surface area contributed by atoms with E-state index in [1.165, 1.54) is 19.3 Å². The van der Waals surface area contributed by atoms with E-state index in [-0.39, 0.29) is 101 Å². The molecule has 520 valence electrons. The molecule has 0 aliphatic heterocycles. The number of guanidine groups is 3. The third-order valence-corrected chi connectivity index (χ3v) is 16.6. The molecule has 96 heavy (non-hydrogen) atoms. The van der Waals surface area contributed by atoms with Crippen molar-refractivity contribution in [2.24, 2.45) is 60.8 Å². The zero-order valence-corrected chi connectivity index (χ0v) is 54.9.